The fraction of sp³-hybridized carbons (Fsp3) is 0.469. The fourth-order valence-electron chi connectivity index (χ4n) is 14.6. The Kier molecular flexibility index (Phi) is 28.9. The van der Waals surface area contributed by atoms with E-state index < -0.39 is 0 Å². The number of carbonyl (C=O) groups excluding carboxylic acids is 3. The number of pyridine rings is 8. The van der Waals surface area contributed by atoms with Crippen LogP contribution < -0.4 is 44.6 Å². The van der Waals surface area contributed by atoms with Gasteiger partial charge in [-0.2, -0.15) is 0 Å². The minimum Gasteiger partial charge on any atom is -0.353 e. The van der Waals surface area contributed by atoms with E-state index in [-0.39, 0.29) is 54.0 Å². The van der Waals surface area contributed by atoms with Crippen molar-refractivity contribution in [2.45, 2.75) is 244 Å². The van der Waals surface area contributed by atoms with Gasteiger partial charge < -0.3 is 44.6 Å². The van der Waals surface area contributed by atoms with Gasteiger partial charge in [0, 0.05) is 134 Å². The van der Waals surface area contributed by atoms with E-state index in [9.17, 15) is 14.4 Å². The number of hydrogen-bond acceptors (Lipinski definition) is 16. The number of fused-ring (bicyclic) bond motifs is 8. The third-order valence-electron chi connectivity index (χ3n) is 19.7. The molecular weight excluding hydrogens is 1240 g/mol. The molecule has 8 aromatic heterocycles. The van der Waals surface area contributed by atoms with Gasteiger partial charge in [0.1, 0.15) is 0 Å². The fourth-order valence-corrected chi connectivity index (χ4v) is 14.6. The van der Waals surface area contributed by atoms with Gasteiger partial charge in [-0.1, -0.05) is 42.5 Å². The molecule has 0 radical (unpaired) electrons. The van der Waals surface area contributed by atoms with E-state index in [4.69, 9.17) is 28.7 Å². The smallest absolute Gasteiger partial charge is 0.217 e. The van der Waals surface area contributed by atoms with Crippen LogP contribution in [0.2, 0.25) is 0 Å². The molecule has 19 nitrogen and oxygen atoms in total. The third kappa shape index (κ3) is 22.7. The molecule has 530 valence electrons. The molecule has 100 heavy (non-hydrogen) atoms. The molecule has 0 fully saturated rings. The molecule has 0 bridgehead atoms. The first-order valence-electron chi connectivity index (χ1n) is 36.5. The maximum atomic E-state index is 11.1. The standard InChI is InChI=1S/C12H16N2O.2C11H14N2O.2C10H14N2.3C9H12N2/c1-8-6-7-10-4-3-5-11(12(10)13-8)14-9(2)15;1-8(14)13-11-6-2-5-10-9(11)4-3-7-12-10;1-8(14)13-10-4-5-11-9(7-10)3-2-6-12-11;2*1-7-5-6-8-3-2-4-9(11)10(8)12-7;10-8-4-1-5-9-7(8)3-2-6-11-9;10-8-3-4-9-7(6-8)2-1-5-11-9;10-9-3-1-2-7-6-11-5-4-8(7)9/h6-7,11H,3-5H2,1-2H3,(H,14,15);3-4,7,11H,2,5-6H2,1H3,(H,13,14);2-3,6,10H,4-5,7H2,1H3,(H,13,14);2*5-6,9H,2-4,11H2,1H3;2-3,6,8H,1,4-5,10H2;1-2,5,8H,3-4,6,10H2;4-6,9H,1-3,10H2/t2*11-;10-;9-;;2*8-;/m1110.00./s1. The van der Waals surface area contributed by atoms with E-state index in [0.29, 0.717) is 12.1 Å². The van der Waals surface area contributed by atoms with Crippen molar-refractivity contribution in [3.63, 3.8) is 0 Å². The number of aryl methyl sites for hydroxylation is 11. The lowest BCUT2D eigenvalue weighted by molar-refractivity contribution is -0.120. The summed E-state index contributed by atoms with van der Waals surface area (Å²) < 4.78 is 0. The molecule has 19 heteroatoms. The van der Waals surface area contributed by atoms with Crippen LogP contribution in [-0.2, 0) is 78.6 Å². The van der Waals surface area contributed by atoms with Crippen LogP contribution in [0.5, 0.6) is 0 Å². The predicted molar refractivity (Wildman–Crippen MR) is 396 cm³/mol. The highest BCUT2D eigenvalue weighted by molar-refractivity contribution is 5.74. The van der Waals surface area contributed by atoms with E-state index >= 15 is 0 Å². The number of carbonyl (C=O) groups is 3. The van der Waals surface area contributed by atoms with Crippen molar-refractivity contribution in [3.8, 4) is 0 Å². The number of aromatic nitrogens is 8. The van der Waals surface area contributed by atoms with Crippen LogP contribution in [0.4, 0.5) is 0 Å². The van der Waals surface area contributed by atoms with Crippen molar-refractivity contribution in [1.29, 1.82) is 0 Å². The summed E-state index contributed by atoms with van der Waals surface area (Å²) >= 11 is 0. The summed E-state index contributed by atoms with van der Waals surface area (Å²) in [6.45, 7) is 10.7. The van der Waals surface area contributed by atoms with Gasteiger partial charge in [0.2, 0.25) is 17.7 Å². The zero-order chi connectivity index (χ0) is 70.9. The van der Waals surface area contributed by atoms with Crippen molar-refractivity contribution in [2.75, 3.05) is 0 Å². The Bertz CT molecular complexity index is 3840. The first-order valence-corrected chi connectivity index (χ1v) is 36.5. The molecule has 2 unspecified atom stereocenters. The van der Waals surface area contributed by atoms with Crippen molar-refractivity contribution >= 4 is 17.7 Å². The number of nitrogens with zero attached hydrogens (tertiary/aromatic N) is 8. The van der Waals surface area contributed by atoms with E-state index in [1.807, 2.05) is 94.4 Å². The molecule has 0 saturated carbocycles. The number of rotatable bonds is 3. The molecule has 8 aliphatic carbocycles. The van der Waals surface area contributed by atoms with Gasteiger partial charge >= 0.3 is 0 Å². The molecule has 16 rings (SSSR count). The molecule has 8 atom stereocenters. The van der Waals surface area contributed by atoms with Gasteiger partial charge in [0.25, 0.3) is 0 Å². The third-order valence-corrected chi connectivity index (χ3v) is 19.7. The summed E-state index contributed by atoms with van der Waals surface area (Å²) in [7, 11) is 0. The first-order chi connectivity index (χ1) is 48.3. The second-order valence-electron chi connectivity index (χ2n) is 27.8. The zero-order valence-electron chi connectivity index (χ0n) is 59.9. The van der Waals surface area contributed by atoms with E-state index in [0.717, 1.165) is 168 Å². The molecule has 0 saturated heterocycles. The van der Waals surface area contributed by atoms with Gasteiger partial charge in [-0.3, -0.25) is 54.3 Å². The first kappa shape index (κ1) is 75.6. The number of hydrogen-bond donors (Lipinski definition) is 8. The van der Waals surface area contributed by atoms with Crippen LogP contribution in [0, 0.1) is 20.8 Å². The minimum absolute atomic E-state index is 0.0242. The summed E-state index contributed by atoms with van der Waals surface area (Å²) in [6.07, 6.45) is 37.3. The van der Waals surface area contributed by atoms with Gasteiger partial charge in [-0.05, 0) is 273 Å². The molecule has 8 aromatic rings. The molecule has 8 aliphatic rings. The van der Waals surface area contributed by atoms with Crippen molar-refractivity contribution in [2.24, 2.45) is 28.7 Å². The van der Waals surface area contributed by atoms with Gasteiger partial charge in [-0.15, -0.1) is 0 Å². The van der Waals surface area contributed by atoms with Crippen LogP contribution in [0.3, 0.4) is 0 Å². The van der Waals surface area contributed by atoms with Crippen LogP contribution in [0.1, 0.15) is 254 Å². The Balaban J connectivity index is 0.000000134. The Morgan fingerprint density at radius 3 is 1.33 bits per heavy atom. The second kappa shape index (κ2) is 38.3. The van der Waals surface area contributed by atoms with Crippen LogP contribution in [-0.4, -0.2) is 69.7 Å². The highest BCUT2D eigenvalue weighted by Crippen LogP contribution is 2.32. The summed E-state index contributed by atoms with van der Waals surface area (Å²) in [5.74, 6) is 0.116. The monoisotopic (exact) mass is 1350 g/mol. The van der Waals surface area contributed by atoms with E-state index in [1.165, 1.54) is 92.8 Å². The minimum atomic E-state index is 0.0242. The molecule has 13 N–H and O–H groups in total. The van der Waals surface area contributed by atoms with Crippen LogP contribution in [0.15, 0.2) is 128 Å². The lowest BCUT2D eigenvalue weighted by Gasteiger charge is -2.25. The average Bonchev–Trinajstić information content (AvgIpc) is 0.855. The summed E-state index contributed by atoms with van der Waals surface area (Å²) in [4.78, 5) is 67.7. The highest BCUT2D eigenvalue weighted by atomic mass is 16.2. The molecular formula is C81H108N16O3. The van der Waals surface area contributed by atoms with Crippen LogP contribution >= 0.6 is 0 Å². The van der Waals surface area contributed by atoms with Crippen molar-refractivity contribution < 1.29 is 14.4 Å². The highest BCUT2D eigenvalue weighted by Gasteiger charge is 2.25. The number of nitrogens with one attached hydrogen (secondary N) is 3. The molecule has 0 aromatic carbocycles. The summed E-state index contributed by atoms with van der Waals surface area (Å²) in [5, 5.41) is 8.88. The Labute approximate surface area is 592 Å². The predicted octanol–water partition coefficient (Wildman–Crippen LogP) is 11.8. The average molecular weight is 1350 g/mol. The molecule has 0 aliphatic heterocycles. The lowest BCUT2D eigenvalue weighted by Crippen LogP contribution is -2.37. The Morgan fingerprint density at radius 2 is 0.780 bits per heavy atom. The number of amides is 3. The van der Waals surface area contributed by atoms with Crippen molar-refractivity contribution in [1.82, 2.24) is 55.8 Å². The molecule has 8 heterocycles. The normalized spacial score (nSPS) is 21.3. The Hall–Kier alpha value is -8.59. The van der Waals surface area contributed by atoms with Crippen molar-refractivity contribution in [3.05, 3.63) is 235 Å². The SMILES string of the molecule is CC(=O)N[C@@H]1CCCc2ccc(C)nc21.CC(=O)N[C@@H]1CCCc2ncccc21.CC(=O)N[C@@H]1CCc2ncccc2C1.Cc1ccc2c(n1)C(N)CCC2.Cc1ccc2c(n1)[C@@H](N)CCC2.NC1CCCc2cnccc21.N[C@H]1CCCc2ncccc21.N[C@H]1CCc2ncccc2C1. The van der Waals surface area contributed by atoms with Gasteiger partial charge in [0.05, 0.1) is 29.2 Å². The maximum absolute atomic E-state index is 11.1. The van der Waals surface area contributed by atoms with Crippen LogP contribution in [0.25, 0.3) is 0 Å². The lowest BCUT2D eigenvalue weighted by atomic mass is 9.90. The maximum Gasteiger partial charge on any atom is 0.217 e. The zero-order valence-corrected chi connectivity index (χ0v) is 59.9. The second-order valence-corrected chi connectivity index (χ2v) is 27.8. The topological polar surface area (TPSA) is 321 Å². The quantitative estimate of drug-likeness (QED) is 0.0815. The van der Waals surface area contributed by atoms with Gasteiger partial charge in [-0.25, -0.2) is 0 Å². The summed E-state index contributed by atoms with van der Waals surface area (Å²) in [6, 6.07) is 32.6. The Morgan fingerprint density at radius 1 is 0.360 bits per heavy atom. The largest absolute Gasteiger partial charge is 0.353 e. The molecule has 3 amide bonds. The van der Waals surface area contributed by atoms with Gasteiger partial charge in [0.15, 0.2) is 0 Å². The molecule has 0 spiro atoms. The van der Waals surface area contributed by atoms with E-state index in [2.05, 4.69) is 110 Å². The summed E-state index contributed by atoms with van der Waals surface area (Å²) in [5.41, 5.74) is 52.5. The number of nitrogens with two attached hydrogens (primary N) is 5. The van der Waals surface area contributed by atoms with E-state index in [1.54, 1.807) is 20.8 Å².